The van der Waals surface area contributed by atoms with Crippen LogP contribution < -0.4 is 15.4 Å². The van der Waals surface area contributed by atoms with Crippen LogP contribution >= 0.6 is 23.1 Å². The maximum atomic E-state index is 12.9. The number of hydrogen-bond acceptors (Lipinski definition) is 7. The summed E-state index contributed by atoms with van der Waals surface area (Å²) in [6.45, 7) is 0. The highest BCUT2D eigenvalue weighted by Crippen LogP contribution is 2.26. The van der Waals surface area contributed by atoms with E-state index >= 15 is 0 Å². The minimum atomic E-state index is -4.79. The second-order valence-electron chi connectivity index (χ2n) is 6.13. The highest BCUT2D eigenvalue weighted by Gasteiger charge is 2.30. The van der Waals surface area contributed by atoms with Crippen LogP contribution in [-0.4, -0.2) is 34.1 Å². The molecule has 2 N–H and O–H groups in total. The van der Waals surface area contributed by atoms with Gasteiger partial charge in [-0.1, -0.05) is 35.2 Å². The summed E-state index contributed by atoms with van der Waals surface area (Å²) >= 11 is 2.15. The first-order valence-corrected chi connectivity index (χ1v) is 10.6. The standard InChI is InChI=1S/C19H14F4N4O3S2/c20-12-3-1-11(2-4-12)9-15(28)25-17-26-27-18(32-17)31-10-16(29)24-13-5-7-14(8-6-13)30-19(21,22)23/h1-8H,9-10H2,(H,24,29)(H,25,26,28). The Morgan fingerprint density at radius 1 is 0.969 bits per heavy atom. The average Bonchev–Trinajstić information content (AvgIpc) is 3.16. The van der Waals surface area contributed by atoms with E-state index in [0.29, 0.717) is 15.6 Å². The summed E-state index contributed by atoms with van der Waals surface area (Å²) in [6, 6.07) is 10.3. The molecule has 0 aliphatic heterocycles. The maximum absolute atomic E-state index is 12.9. The van der Waals surface area contributed by atoms with Crippen molar-refractivity contribution in [3.8, 4) is 5.75 Å². The Hall–Kier alpha value is -3.19. The van der Waals surface area contributed by atoms with Gasteiger partial charge < -0.3 is 15.4 Å². The molecule has 1 aromatic heterocycles. The van der Waals surface area contributed by atoms with Gasteiger partial charge in [0.15, 0.2) is 4.34 Å². The number of thioether (sulfide) groups is 1. The first kappa shape index (κ1) is 23.5. The van der Waals surface area contributed by atoms with Crippen molar-refractivity contribution in [3.63, 3.8) is 0 Å². The number of nitrogens with zero attached hydrogens (tertiary/aromatic N) is 2. The normalized spacial score (nSPS) is 11.1. The number of ether oxygens (including phenoxy) is 1. The molecule has 2 aromatic carbocycles. The summed E-state index contributed by atoms with van der Waals surface area (Å²) < 4.78 is 53.6. The van der Waals surface area contributed by atoms with Crippen LogP contribution in [0, 0.1) is 5.82 Å². The molecule has 0 bridgehead atoms. The zero-order valence-corrected chi connectivity index (χ0v) is 17.6. The Morgan fingerprint density at radius 3 is 2.31 bits per heavy atom. The fraction of sp³-hybridized carbons (Fsp3) is 0.158. The highest BCUT2D eigenvalue weighted by molar-refractivity contribution is 8.01. The van der Waals surface area contributed by atoms with E-state index in [2.05, 4.69) is 25.6 Å². The molecular formula is C19H14F4N4O3S2. The lowest BCUT2D eigenvalue weighted by Crippen LogP contribution is -2.17. The summed E-state index contributed by atoms with van der Waals surface area (Å²) in [5.74, 6) is -1.57. The van der Waals surface area contributed by atoms with Gasteiger partial charge in [0.25, 0.3) is 0 Å². The van der Waals surface area contributed by atoms with Gasteiger partial charge in [0.2, 0.25) is 16.9 Å². The molecule has 3 aromatic rings. The van der Waals surface area contributed by atoms with Crippen LogP contribution in [0.3, 0.4) is 0 Å². The summed E-state index contributed by atoms with van der Waals surface area (Å²) in [7, 11) is 0. The molecule has 0 atom stereocenters. The van der Waals surface area contributed by atoms with Crippen LogP contribution in [-0.2, 0) is 16.0 Å². The predicted octanol–water partition coefficient (Wildman–Crippen LogP) is 4.49. The Balaban J connectivity index is 1.43. The molecule has 13 heteroatoms. The fourth-order valence-corrected chi connectivity index (χ4v) is 3.90. The van der Waals surface area contributed by atoms with Crippen LogP contribution in [0.25, 0.3) is 0 Å². The molecule has 1 heterocycles. The topological polar surface area (TPSA) is 93.2 Å². The number of anilines is 2. The van der Waals surface area contributed by atoms with E-state index in [4.69, 9.17) is 0 Å². The van der Waals surface area contributed by atoms with E-state index in [0.717, 1.165) is 35.2 Å². The van der Waals surface area contributed by atoms with E-state index < -0.39 is 23.8 Å². The van der Waals surface area contributed by atoms with E-state index in [1.807, 2.05) is 0 Å². The van der Waals surface area contributed by atoms with Crippen molar-refractivity contribution in [2.75, 3.05) is 16.4 Å². The van der Waals surface area contributed by atoms with Gasteiger partial charge in [-0.3, -0.25) is 9.59 Å². The fourth-order valence-electron chi connectivity index (χ4n) is 2.33. The third-order valence-corrected chi connectivity index (χ3v) is 5.60. The van der Waals surface area contributed by atoms with Gasteiger partial charge >= 0.3 is 6.36 Å². The van der Waals surface area contributed by atoms with Crippen LogP contribution in [0.15, 0.2) is 52.9 Å². The number of halogens is 4. The number of nitrogens with one attached hydrogen (secondary N) is 2. The number of hydrogen-bond donors (Lipinski definition) is 2. The minimum Gasteiger partial charge on any atom is -0.406 e. The van der Waals surface area contributed by atoms with Crippen molar-refractivity contribution in [1.29, 1.82) is 0 Å². The van der Waals surface area contributed by atoms with Gasteiger partial charge in [-0.15, -0.1) is 23.4 Å². The maximum Gasteiger partial charge on any atom is 0.573 e. The largest absolute Gasteiger partial charge is 0.573 e. The molecule has 0 aliphatic carbocycles. The monoisotopic (exact) mass is 486 g/mol. The Labute approximate surface area is 187 Å². The van der Waals surface area contributed by atoms with Crippen molar-refractivity contribution < 1.29 is 31.9 Å². The second-order valence-corrected chi connectivity index (χ2v) is 8.33. The minimum absolute atomic E-state index is 0.0288. The van der Waals surface area contributed by atoms with Crippen LogP contribution in [0.1, 0.15) is 5.56 Å². The molecule has 168 valence electrons. The molecule has 0 fully saturated rings. The molecule has 2 amide bonds. The zero-order valence-electron chi connectivity index (χ0n) is 16.0. The van der Waals surface area contributed by atoms with Crippen molar-refractivity contribution >= 4 is 45.7 Å². The molecule has 0 aliphatic rings. The van der Waals surface area contributed by atoms with Crippen molar-refractivity contribution in [1.82, 2.24) is 10.2 Å². The third-order valence-electron chi connectivity index (χ3n) is 3.63. The van der Waals surface area contributed by atoms with Crippen molar-refractivity contribution in [2.45, 2.75) is 17.1 Å². The van der Waals surface area contributed by atoms with Crippen molar-refractivity contribution in [3.05, 3.63) is 59.9 Å². The van der Waals surface area contributed by atoms with Gasteiger partial charge in [0, 0.05) is 5.69 Å². The number of benzene rings is 2. The quantitative estimate of drug-likeness (QED) is 0.277. The number of rotatable bonds is 8. The highest BCUT2D eigenvalue weighted by atomic mass is 32.2. The predicted molar refractivity (Wildman–Crippen MR) is 111 cm³/mol. The van der Waals surface area contributed by atoms with Crippen LogP contribution in [0.4, 0.5) is 28.4 Å². The van der Waals surface area contributed by atoms with Gasteiger partial charge in [0.05, 0.1) is 12.2 Å². The van der Waals surface area contributed by atoms with E-state index in [9.17, 15) is 27.2 Å². The zero-order chi connectivity index (χ0) is 23.1. The smallest absolute Gasteiger partial charge is 0.406 e. The number of amides is 2. The molecule has 0 saturated carbocycles. The molecule has 3 rings (SSSR count). The lowest BCUT2D eigenvalue weighted by Gasteiger charge is -2.09. The summed E-state index contributed by atoms with van der Waals surface area (Å²) in [4.78, 5) is 24.1. The van der Waals surface area contributed by atoms with Gasteiger partial charge in [-0.2, -0.15) is 0 Å². The summed E-state index contributed by atoms with van der Waals surface area (Å²) in [5.41, 5.74) is 0.939. The van der Waals surface area contributed by atoms with E-state index in [1.54, 1.807) is 0 Å². The molecule has 0 spiro atoms. The van der Waals surface area contributed by atoms with Crippen molar-refractivity contribution in [2.24, 2.45) is 0 Å². The Bertz CT molecular complexity index is 1070. The second kappa shape index (κ2) is 10.4. The lowest BCUT2D eigenvalue weighted by atomic mass is 10.1. The van der Waals surface area contributed by atoms with E-state index in [1.165, 1.54) is 36.4 Å². The SMILES string of the molecule is O=C(CSc1nnc(NC(=O)Cc2ccc(F)cc2)s1)Nc1ccc(OC(F)(F)F)cc1. The molecule has 32 heavy (non-hydrogen) atoms. The molecular weight excluding hydrogens is 472 g/mol. The molecule has 0 saturated heterocycles. The number of aromatic nitrogens is 2. The van der Waals surface area contributed by atoms with E-state index in [-0.39, 0.29) is 23.2 Å². The van der Waals surface area contributed by atoms with Crippen LogP contribution in [0.5, 0.6) is 5.75 Å². The van der Waals surface area contributed by atoms with Gasteiger partial charge in [-0.05, 0) is 42.0 Å². The molecule has 0 unspecified atom stereocenters. The lowest BCUT2D eigenvalue weighted by molar-refractivity contribution is -0.274. The Morgan fingerprint density at radius 2 is 1.66 bits per heavy atom. The average molecular weight is 486 g/mol. The van der Waals surface area contributed by atoms with Crippen LogP contribution in [0.2, 0.25) is 0 Å². The first-order valence-electron chi connectivity index (χ1n) is 8.82. The number of alkyl halides is 3. The van der Waals surface area contributed by atoms with Gasteiger partial charge in [-0.25, -0.2) is 4.39 Å². The van der Waals surface area contributed by atoms with Gasteiger partial charge in [0.1, 0.15) is 11.6 Å². The number of carbonyl (C=O) groups is 2. The third kappa shape index (κ3) is 7.81. The first-order chi connectivity index (χ1) is 15.2. The summed E-state index contributed by atoms with van der Waals surface area (Å²) in [5, 5.41) is 13.1. The molecule has 7 nitrogen and oxygen atoms in total. The Kier molecular flexibility index (Phi) is 7.64. The molecule has 0 radical (unpaired) electrons. The summed E-state index contributed by atoms with van der Waals surface area (Å²) in [6.07, 6.45) is -4.75. The number of carbonyl (C=O) groups excluding carboxylic acids is 2.